The third kappa shape index (κ3) is 6.44. The molecule has 1 rings (SSSR count). The summed E-state index contributed by atoms with van der Waals surface area (Å²) >= 11 is 3.51. The van der Waals surface area contributed by atoms with Gasteiger partial charge in [0.05, 0.1) is 11.6 Å². The average Bonchev–Trinajstić information content (AvgIpc) is 2.39. The Morgan fingerprint density at radius 2 is 1.95 bits per heavy atom. The van der Waals surface area contributed by atoms with Gasteiger partial charge in [0.2, 0.25) is 0 Å². The van der Waals surface area contributed by atoms with Crippen LogP contribution in [0.5, 0.6) is 5.75 Å². The van der Waals surface area contributed by atoms with Gasteiger partial charge in [-0.3, -0.25) is 0 Å². The molecule has 0 spiro atoms. The van der Waals surface area contributed by atoms with Gasteiger partial charge in [-0.25, -0.2) is 0 Å². The highest BCUT2D eigenvalue weighted by Gasteiger charge is 2.06. The highest BCUT2D eigenvalue weighted by atomic mass is 79.9. The number of hydrogen-bond donors (Lipinski definition) is 1. The summed E-state index contributed by atoms with van der Waals surface area (Å²) in [5.41, 5.74) is 7.47. The number of hydrogen-bond acceptors (Lipinski definition) is 2. The molecule has 2 nitrogen and oxygen atoms in total. The molecule has 0 aliphatic heterocycles. The second-order valence-corrected chi connectivity index (χ2v) is 5.99. The van der Waals surface area contributed by atoms with Crippen molar-refractivity contribution in [3.63, 3.8) is 0 Å². The first-order chi connectivity index (χ1) is 9.17. The van der Waals surface area contributed by atoms with Crippen molar-refractivity contribution in [2.45, 2.75) is 57.9 Å². The maximum Gasteiger partial charge on any atom is 0.133 e. The Labute approximate surface area is 125 Å². The molecule has 1 aromatic carbocycles. The van der Waals surface area contributed by atoms with Crippen LogP contribution in [0.4, 0.5) is 0 Å². The first-order valence-corrected chi connectivity index (χ1v) is 8.04. The lowest BCUT2D eigenvalue weighted by atomic mass is 10.0. The Morgan fingerprint density at radius 1 is 1.21 bits per heavy atom. The fourth-order valence-corrected chi connectivity index (χ4v) is 2.84. The van der Waals surface area contributed by atoms with Crippen molar-refractivity contribution < 1.29 is 4.74 Å². The minimum atomic E-state index is 0.266. The summed E-state index contributed by atoms with van der Waals surface area (Å²) in [6.07, 6.45) is 8.61. The smallest absolute Gasteiger partial charge is 0.133 e. The minimum Gasteiger partial charge on any atom is -0.496 e. The molecule has 0 aromatic heterocycles. The Bertz CT molecular complexity index is 368. The van der Waals surface area contributed by atoms with E-state index >= 15 is 0 Å². The molecule has 2 N–H and O–H groups in total. The molecule has 1 atom stereocenters. The number of ether oxygens (including phenoxy) is 1. The van der Waals surface area contributed by atoms with E-state index in [0.717, 1.165) is 23.1 Å². The molecule has 0 bridgehead atoms. The maximum atomic E-state index is 6.19. The van der Waals surface area contributed by atoms with Gasteiger partial charge >= 0.3 is 0 Å². The van der Waals surface area contributed by atoms with Crippen LogP contribution in [-0.2, 0) is 6.42 Å². The third-order valence-electron chi connectivity index (χ3n) is 3.39. The largest absolute Gasteiger partial charge is 0.496 e. The summed E-state index contributed by atoms with van der Waals surface area (Å²) in [6.45, 7) is 2.24. The Kier molecular flexibility index (Phi) is 8.15. The second-order valence-electron chi connectivity index (χ2n) is 5.14. The van der Waals surface area contributed by atoms with Gasteiger partial charge in [0.15, 0.2) is 0 Å². The molecule has 19 heavy (non-hydrogen) atoms. The summed E-state index contributed by atoms with van der Waals surface area (Å²) < 4.78 is 6.23. The summed E-state index contributed by atoms with van der Waals surface area (Å²) in [4.78, 5) is 0. The molecule has 1 unspecified atom stereocenters. The van der Waals surface area contributed by atoms with Gasteiger partial charge in [0, 0.05) is 6.04 Å². The standard InChI is InChI=1S/C16H26BrNO/c1-3-4-5-6-7-8-14(18)11-13-9-10-16(19-2)15(17)12-13/h9-10,12,14H,3-8,11,18H2,1-2H3. The van der Waals surface area contributed by atoms with Crippen LogP contribution >= 0.6 is 15.9 Å². The van der Waals surface area contributed by atoms with Gasteiger partial charge in [-0.05, 0) is 46.5 Å². The molecule has 0 aliphatic carbocycles. The summed E-state index contributed by atoms with van der Waals surface area (Å²) in [5.74, 6) is 0.872. The molecule has 0 saturated carbocycles. The summed E-state index contributed by atoms with van der Waals surface area (Å²) in [6, 6.07) is 6.46. The lowest BCUT2D eigenvalue weighted by molar-refractivity contribution is 0.412. The van der Waals surface area contributed by atoms with Crippen LogP contribution in [0.2, 0.25) is 0 Å². The van der Waals surface area contributed by atoms with E-state index in [4.69, 9.17) is 10.5 Å². The average molecular weight is 328 g/mol. The van der Waals surface area contributed by atoms with Gasteiger partial charge in [-0.15, -0.1) is 0 Å². The molecule has 0 heterocycles. The zero-order valence-electron chi connectivity index (χ0n) is 12.1. The zero-order valence-corrected chi connectivity index (χ0v) is 13.7. The van der Waals surface area contributed by atoms with Crippen molar-refractivity contribution in [2.75, 3.05) is 7.11 Å². The van der Waals surface area contributed by atoms with Crippen molar-refractivity contribution in [1.82, 2.24) is 0 Å². The van der Waals surface area contributed by atoms with Crippen LogP contribution in [0.1, 0.15) is 51.0 Å². The van der Waals surface area contributed by atoms with Gasteiger partial charge in [-0.1, -0.05) is 45.1 Å². The highest BCUT2D eigenvalue weighted by Crippen LogP contribution is 2.26. The summed E-state index contributed by atoms with van der Waals surface area (Å²) in [7, 11) is 1.68. The quantitative estimate of drug-likeness (QED) is 0.668. The number of rotatable bonds is 9. The number of methoxy groups -OCH3 is 1. The van der Waals surface area contributed by atoms with Gasteiger partial charge < -0.3 is 10.5 Å². The number of unbranched alkanes of at least 4 members (excludes halogenated alkanes) is 4. The van der Waals surface area contributed by atoms with Crippen molar-refractivity contribution in [1.29, 1.82) is 0 Å². The molecule has 108 valence electrons. The monoisotopic (exact) mass is 327 g/mol. The molecule has 1 aromatic rings. The van der Waals surface area contributed by atoms with Crippen molar-refractivity contribution >= 4 is 15.9 Å². The molecular formula is C16H26BrNO. The fraction of sp³-hybridized carbons (Fsp3) is 0.625. The van der Waals surface area contributed by atoms with Crippen LogP contribution in [-0.4, -0.2) is 13.2 Å². The van der Waals surface area contributed by atoms with Crippen LogP contribution < -0.4 is 10.5 Å². The second kappa shape index (κ2) is 9.38. The van der Waals surface area contributed by atoms with E-state index in [0.29, 0.717) is 0 Å². The van der Waals surface area contributed by atoms with Gasteiger partial charge in [-0.2, -0.15) is 0 Å². The lowest BCUT2D eigenvalue weighted by Crippen LogP contribution is -2.22. The van der Waals surface area contributed by atoms with E-state index in [-0.39, 0.29) is 6.04 Å². The molecule has 0 radical (unpaired) electrons. The molecular weight excluding hydrogens is 302 g/mol. The Balaban J connectivity index is 2.31. The molecule has 0 saturated heterocycles. The van der Waals surface area contributed by atoms with E-state index in [1.165, 1.54) is 37.7 Å². The first-order valence-electron chi connectivity index (χ1n) is 7.25. The molecule has 0 amide bonds. The highest BCUT2D eigenvalue weighted by molar-refractivity contribution is 9.10. The van der Waals surface area contributed by atoms with Crippen molar-refractivity contribution in [3.8, 4) is 5.75 Å². The summed E-state index contributed by atoms with van der Waals surface area (Å²) in [5, 5.41) is 0. The zero-order chi connectivity index (χ0) is 14.1. The normalized spacial score (nSPS) is 12.4. The maximum absolute atomic E-state index is 6.19. The van der Waals surface area contributed by atoms with E-state index < -0.39 is 0 Å². The van der Waals surface area contributed by atoms with E-state index in [2.05, 4.69) is 35.0 Å². The van der Waals surface area contributed by atoms with Crippen molar-refractivity contribution in [2.24, 2.45) is 5.73 Å². The van der Waals surface area contributed by atoms with Gasteiger partial charge in [0.1, 0.15) is 5.75 Å². The van der Waals surface area contributed by atoms with Crippen LogP contribution in [0, 0.1) is 0 Å². The Morgan fingerprint density at radius 3 is 2.58 bits per heavy atom. The van der Waals surface area contributed by atoms with Crippen LogP contribution in [0.25, 0.3) is 0 Å². The number of benzene rings is 1. The van der Waals surface area contributed by atoms with Gasteiger partial charge in [0.25, 0.3) is 0 Å². The molecule has 0 fully saturated rings. The van der Waals surface area contributed by atoms with Crippen molar-refractivity contribution in [3.05, 3.63) is 28.2 Å². The number of halogens is 1. The predicted octanol–water partition coefficient (Wildman–Crippen LogP) is 4.69. The van der Waals surface area contributed by atoms with E-state index in [9.17, 15) is 0 Å². The predicted molar refractivity (Wildman–Crippen MR) is 85.7 cm³/mol. The topological polar surface area (TPSA) is 35.2 Å². The SMILES string of the molecule is CCCCCCCC(N)Cc1ccc(OC)c(Br)c1. The van der Waals surface area contributed by atoms with E-state index in [1.807, 2.05) is 6.07 Å². The van der Waals surface area contributed by atoms with Crippen LogP contribution in [0.3, 0.4) is 0 Å². The van der Waals surface area contributed by atoms with Crippen LogP contribution in [0.15, 0.2) is 22.7 Å². The fourth-order valence-electron chi connectivity index (χ4n) is 2.25. The number of nitrogens with two attached hydrogens (primary N) is 1. The molecule has 0 aliphatic rings. The Hall–Kier alpha value is -0.540. The van der Waals surface area contributed by atoms with E-state index in [1.54, 1.807) is 7.11 Å². The third-order valence-corrected chi connectivity index (χ3v) is 4.01. The minimum absolute atomic E-state index is 0.266. The lowest BCUT2D eigenvalue weighted by Gasteiger charge is -2.12. The molecule has 3 heteroatoms. The first kappa shape index (κ1) is 16.5.